The third-order valence-corrected chi connectivity index (χ3v) is 6.05. The maximum absolute atomic E-state index is 13.3. The lowest BCUT2D eigenvalue weighted by Crippen LogP contribution is -2.46. The Morgan fingerprint density at radius 2 is 1.59 bits per heavy atom. The Bertz CT molecular complexity index is 895. The van der Waals surface area contributed by atoms with E-state index in [1.54, 1.807) is 0 Å². The molecule has 0 radical (unpaired) electrons. The van der Waals surface area contributed by atoms with Crippen molar-refractivity contribution in [2.75, 3.05) is 6.54 Å². The third-order valence-electron chi connectivity index (χ3n) is 6.05. The molecule has 0 spiro atoms. The summed E-state index contributed by atoms with van der Waals surface area (Å²) in [5, 5.41) is 3.32. The topological polar surface area (TPSA) is 37.3 Å². The fraction of sp³-hybridized carbons (Fsp3) is 0.320. The number of carbonyl (C=O) groups is 1. The number of amides is 1. The summed E-state index contributed by atoms with van der Waals surface area (Å²) in [7, 11) is 2.08. The van der Waals surface area contributed by atoms with Crippen LogP contribution in [0.3, 0.4) is 0 Å². The molecule has 4 heteroatoms. The maximum Gasteiger partial charge on any atom is 0.237 e. The van der Waals surface area contributed by atoms with Crippen molar-refractivity contribution in [3.05, 3.63) is 95.8 Å². The van der Waals surface area contributed by atoms with Gasteiger partial charge in [0.05, 0.1) is 18.1 Å². The number of rotatable bonds is 6. The third kappa shape index (κ3) is 4.13. The number of benzene rings is 2. The average molecular weight is 388 g/mol. The number of hydrogen-bond donors (Lipinski definition) is 1. The van der Waals surface area contributed by atoms with Crippen LogP contribution in [0, 0.1) is 0 Å². The van der Waals surface area contributed by atoms with Crippen LogP contribution in [0.25, 0.3) is 0 Å². The van der Waals surface area contributed by atoms with Crippen molar-refractivity contribution in [1.29, 1.82) is 0 Å². The Morgan fingerprint density at radius 3 is 2.14 bits per heavy atom. The number of hydrogen-bond acceptors (Lipinski definition) is 2. The Morgan fingerprint density at radius 1 is 0.966 bits per heavy atom. The van der Waals surface area contributed by atoms with Gasteiger partial charge in [0.25, 0.3) is 0 Å². The second-order valence-corrected chi connectivity index (χ2v) is 7.88. The van der Waals surface area contributed by atoms with Gasteiger partial charge in [-0.05, 0) is 49.6 Å². The summed E-state index contributed by atoms with van der Waals surface area (Å²) in [6.45, 7) is 2.98. The molecule has 29 heavy (non-hydrogen) atoms. The molecule has 2 aromatic carbocycles. The van der Waals surface area contributed by atoms with Crippen LogP contribution in [0.5, 0.6) is 0 Å². The highest BCUT2D eigenvalue weighted by molar-refractivity contribution is 5.82. The molecule has 0 saturated carbocycles. The number of nitrogens with one attached hydrogen (secondary N) is 1. The fourth-order valence-electron chi connectivity index (χ4n) is 4.45. The van der Waals surface area contributed by atoms with Crippen LogP contribution in [0.1, 0.15) is 48.7 Å². The minimum Gasteiger partial charge on any atom is -0.353 e. The summed E-state index contributed by atoms with van der Waals surface area (Å²) in [5.74, 6) is 0.0730. The molecule has 1 aliphatic rings. The van der Waals surface area contributed by atoms with E-state index in [-0.39, 0.29) is 18.0 Å². The summed E-state index contributed by atoms with van der Waals surface area (Å²) in [6.07, 6.45) is 4.29. The van der Waals surface area contributed by atoms with Crippen LogP contribution in [-0.2, 0) is 11.8 Å². The zero-order chi connectivity index (χ0) is 20.2. The number of carbonyl (C=O) groups excluding carboxylic acids is 1. The minimum atomic E-state index is -0.188. The van der Waals surface area contributed by atoms with E-state index >= 15 is 0 Å². The summed E-state index contributed by atoms with van der Waals surface area (Å²) in [5.41, 5.74) is 3.48. The first-order valence-electron chi connectivity index (χ1n) is 10.4. The fourth-order valence-corrected chi connectivity index (χ4v) is 4.45. The maximum atomic E-state index is 13.3. The minimum absolute atomic E-state index is 0.0730. The lowest BCUT2D eigenvalue weighted by molar-refractivity contribution is -0.126. The molecular formula is C25H29N3O. The molecule has 1 aromatic heterocycles. The molecule has 1 saturated heterocycles. The van der Waals surface area contributed by atoms with Gasteiger partial charge in [0.1, 0.15) is 0 Å². The molecule has 0 aliphatic carbocycles. The van der Waals surface area contributed by atoms with Crippen molar-refractivity contribution in [2.24, 2.45) is 7.05 Å². The summed E-state index contributed by atoms with van der Waals surface area (Å²) in [4.78, 5) is 15.7. The van der Waals surface area contributed by atoms with E-state index in [4.69, 9.17) is 0 Å². The van der Waals surface area contributed by atoms with Crippen molar-refractivity contribution >= 4 is 5.91 Å². The summed E-state index contributed by atoms with van der Waals surface area (Å²) in [6, 6.07) is 24.6. The molecule has 0 bridgehead atoms. The molecular weight excluding hydrogens is 358 g/mol. The lowest BCUT2D eigenvalue weighted by Gasteiger charge is -2.31. The van der Waals surface area contributed by atoms with Gasteiger partial charge in [0.2, 0.25) is 5.91 Å². The van der Waals surface area contributed by atoms with Gasteiger partial charge in [0, 0.05) is 18.9 Å². The predicted molar refractivity (Wildman–Crippen MR) is 116 cm³/mol. The monoisotopic (exact) mass is 387 g/mol. The van der Waals surface area contributed by atoms with E-state index in [0.717, 1.165) is 30.5 Å². The van der Waals surface area contributed by atoms with Gasteiger partial charge in [0.15, 0.2) is 0 Å². The molecule has 2 atom stereocenters. The molecule has 1 amide bonds. The Kier molecular flexibility index (Phi) is 5.81. The lowest BCUT2D eigenvalue weighted by atomic mass is 9.98. The number of aromatic nitrogens is 1. The molecule has 4 nitrogen and oxygen atoms in total. The molecule has 3 aromatic rings. The van der Waals surface area contributed by atoms with Crippen LogP contribution in [0.15, 0.2) is 79.0 Å². The standard InChI is InChI=1S/C25H29N3O/c1-19(28-18-10-16-23(28)22-15-9-17-27(22)2)25(29)26-24(20-11-5-3-6-12-20)21-13-7-4-8-14-21/h3-9,11-15,17,19,23-24H,10,16,18H2,1-2H3,(H,26,29)/t19-,23+/m0/s1. The van der Waals surface area contributed by atoms with Crippen LogP contribution in [0.4, 0.5) is 0 Å². The Hall–Kier alpha value is -2.85. The van der Waals surface area contributed by atoms with Crippen LogP contribution >= 0.6 is 0 Å². The quantitative estimate of drug-likeness (QED) is 0.678. The van der Waals surface area contributed by atoms with E-state index in [1.807, 2.05) is 43.3 Å². The summed E-state index contributed by atoms with van der Waals surface area (Å²) >= 11 is 0. The van der Waals surface area contributed by atoms with Crippen molar-refractivity contribution in [2.45, 2.75) is 37.9 Å². The highest BCUT2D eigenvalue weighted by atomic mass is 16.2. The first kappa shape index (κ1) is 19.5. The largest absolute Gasteiger partial charge is 0.353 e. The molecule has 1 aliphatic heterocycles. The van der Waals surface area contributed by atoms with Gasteiger partial charge in [-0.25, -0.2) is 0 Å². The first-order chi connectivity index (χ1) is 14.1. The Labute approximate surface area is 173 Å². The zero-order valence-electron chi connectivity index (χ0n) is 17.2. The predicted octanol–water partition coefficient (Wildman–Crippen LogP) is 4.46. The molecule has 0 unspecified atom stereocenters. The van der Waals surface area contributed by atoms with Gasteiger partial charge in [-0.2, -0.15) is 0 Å². The van der Waals surface area contributed by atoms with Crippen LogP contribution < -0.4 is 5.32 Å². The van der Waals surface area contributed by atoms with Gasteiger partial charge >= 0.3 is 0 Å². The van der Waals surface area contributed by atoms with Crippen molar-refractivity contribution in [3.8, 4) is 0 Å². The van der Waals surface area contributed by atoms with Crippen LogP contribution in [-0.4, -0.2) is 28.0 Å². The van der Waals surface area contributed by atoms with E-state index < -0.39 is 0 Å². The number of likely N-dealkylation sites (tertiary alicyclic amines) is 1. The summed E-state index contributed by atoms with van der Waals surface area (Å²) < 4.78 is 2.17. The number of aryl methyl sites for hydroxylation is 1. The molecule has 1 fully saturated rings. The number of nitrogens with zero attached hydrogens (tertiary/aromatic N) is 2. The van der Waals surface area contributed by atoms with E-state index in [2.05, 4.69) is 64.4 Å². The Balaban J connectivity index is 1.55. The van der Waals surface area contributed by atoms with Crippen molar-refractivity contribution in [1.82, 2.24) is 14.8 Å². The average Bonchev–Trinajstić information content (AvgIpc) is 3.41. The van der Waals surface area contributed by atoms with Gasteiger partial charge in [-0.15, -0.1) is 0 Å². The van der Waals surface area contributed by atoms with Crippen LogP contribution in [0.2, 0.25) is 0 Å². The zero-order valence-corrected chi connectivity index (χ0v) is 17.2. The molecule has 2 heterocycles. The van der Waals surface area contributed by atoms with E-state index in [0.29, 0.717) is 6.04 Å². The van der Waals surface area contributed by atoms with Crippen molar-refractivity contribution < 1.29 is 4.79 Å². The van der Waals surface area contributed by atoms with E-state index in [9.17, 15) is 4.79 Å². The SMILES string of the molecule is C[C@@H](C(=O)NC(c1ccccc1)c1ccccc1)N1CCC[C@@H]1c1cccn1C. The van der Waals surface area contributed by atoms with Crippen molar-refractivity contribution in [3.63, 3.8) is 0 Å². The molecule has 4 rings (SSSR count). The second kappa shape index (κ2) is 8.66. The van der Waals surface area contributed by atoms with E-state index in [1.165, 1.54) is 5.69 Å². The normalized spacial score (nSPS) is 18.1. The molecule has 150 valence electrons. The molecule has 1 N–H and O–H groups in total. The second-order valence-electron chi connectivity index (χ2n) is 7.88. The first-order valence-corrected chi connectivity index (χ1v) is 10.4. The smallest absolute Gasteiger partial charge is 0.237 e. The van der Waals surface area contributed by atoms with Gasteiger partial charge in [-0.1, -0.05) is 60.7 Å². The highest BCUT2D eigenvalue weighted by Crippen LogP contribution is 2.34. The highest BCUT2D eigenvalue weighted by Gasteiger charge is 2.34. The van der Waals surface area contributed by atoms with Gasteiger partial charge < -0.3 is 9.88 Å². The van der Waals surface area contributed by atoms with Gasteiger partial charge in [-0.3, -0.25) is 9.69 Å².